The number of carboxylic acids is 1. The average molecular weight is 319 g/mol. The maximum absolute atomic E-state index is 10.7. The first-order chi connectivity index (χ1) is 9.16. The Bertz CT molecular complexity index is 561. The van der Waals surface area contributed by atoms with Crippen LogP contribution in [-0.2, 0) is 12.8 Å². The number of hydrogen-bond acceptors (Lipinski definition) is 1. The Hall–Kier alpha value is -1.61. The van der Waals surface area contributed by atoms with Gasteiger partial charge in [0.25, 0.3) is 0 Å². The van der Waals surface area contributed by atoms with Gasteiger partial charge in [0.2, 0.25) is 0 Å². The largest absolute Gasteiger partial charge is 0.478 e. The van der Waals surface area contributed by atoms with E-state index in [1.807, 2.05) is 24.3 Å². The van der Waals surface area contributed by atoms with Crippen molar-refractivity contribution in [1.29, 1.82) is 0 Å². The highest BCUT2D eigenvalue weighted by Crippen LogP contribution is 2.18. The van der Waals surface area contributed by atoms with Crippen molar-refractivity contribution in [3.8, 4) is 0 Å². The van der Waals surface area contributed by atoms with Crippen molar-refractivity contribution in [3.63, 3.8) is 0 Å². The first-order valence-electron chi connectivity index (χ1n) is 6.22. The predicted molar refractivity (Wildman–Crippen MR) is 79.6 cm³/mol. The van der Waals surface area contributed by atoms with Crippen LogP contribution >= 0.6 is 15.9 Å². The molecule has 0 aromatic heterocycles. The smallest absolute Gasteiger partial charge is 0.335 e. The van der Waals surface area contributed by atoms with E-state index in [9.17, 15) is 4.79 Å². The van der Waals surface area contributed by atoms with Crippen molar-refractivity contribution in [3.05, 3.63) is 69.7 Å². The number of hydrogen-bond donors (Lipinski definition) is 1. The van der Waals surface area contributed by atoms with Gasteiger partial charge in [0, 0.05) is 4.47 Å². The molecule has 2 aromatic carbocycles. The molecule has 0 bridgehead atoms. The van der Waals surface area contributed by atoms with E-state index in [1.165, 1.54) is 11.1 Å². The van der Waals surface area contributed by atoms with E-state index >= 15 is 0 Å². The van der Waals surface area contributed by atoms with E-state index in [2.05, 4.69) is 28.1 Å². The summed E-state index contributed by atoms with van der Waals surface area (Å²) in [5.74, 6) is -0.875. The van der Waals surface area contributed by atoms with Crippen molar-refractivity contribution in [2.24, 2.45) is 0 Å². The molecule has 0 amide bonds. The molecule has 19 heavy (non-hydrogen) atoms. The normalized spacial score (nSPS) is 10.4. The molecule has 0 aliphatic heterocycles. The van der Waals surface area contributed by atoms with Crippen molar-refractivity contribution in [1.82, 2.24) is 0 Å². The van der Waals surface area contributed by atoms with Crippen molar-refractivity contribution >= 4 is 21.9 Å². The zero-order valence-electron chi connectivity index (χ0n) is 10.5. The van der Waals surface area contributed by atoms with Crippen LogP contribution in [0.3, 0.4) is 0 Å². The first-order valence-corrected chi connectivity index (χ1v) is 7.02. The Balaban J connectivity index is 1.89. The third-order valence-electron chi connectivity index (χ3n) is 3.07. The number of aromatic carboxylic acids is 1. The van der Waals surface area contributed by atoms with E-state index in [4.69, 9.17) is 5.11 Å². The second-order valence-electron chi connectivity index (χ2n) is 4.45. The number of carboxylic acid groups (broad SMARTS) is 1. The topological polar surface area (TPSA) is 37.3 Å². The van der Waals surface area contributed by atoms with Gasteiger partial charge in [-0.25, -0.2) is 4.79 Å². The molecule has 0 atom stereocenters. The summed E-state index contributed by atoms with van der Waals surface area (Å²) in [6.45, 7) is 0. The standard InChI is InChI=1S/C16H15BrO2/c17-15-7-2-1-5-13(15)6-3-4-12-8-10-14(11-9-12)16(18)19/h1-2,5,7-11H,3-4,6H2,(H,18,19). The SMILES string of the molecule is O=C(O)c1ccc(CCCc2ccccc2Br)cc1. The van der Waals surface area contributed by atoms with Gasteiger partial charge in [0.15, 0.2) is 0 Å². The number of aryl methyl sites for hydroxylation is 2. The fraction of sp³-hybridized carbons (Fsp3) is 0.188. The van der Waals surface area contributed by atoms with Crippen LogP contribution in [0.4, 0.5) is 0 Å². The third-order valence-corrected chi connectivity index (χ3v) is 3.84. The molecule has 0 aliphatic rings. The number of benzene rings is 2. The van der Waals surface area contributed by atoms with E-state index in [0.717, 1.165) is 23.7 Å². The van der Waals surface area contributed by atoms with E-state index < -0.39 is 5.97 Å². The molecule has 0 aliphatic carbocycles. The summed E-state index contributed by atoms with van der Waals surface area (Å²) >= 11 is 3.54. The number of rotatable bonds is 5. The Morgan fingerprint density at radius 1 is 1.00 bits per heavy atom. The van der Waals surface area contributed by atoms with Gasteiger partial charge in [0.05, 0.1) is 5.56 Å². The summed E-state index contributed by atoms with van der Waals surface area (Å²) < 4.78 is 1.15. The molecule has 98 valence electrons. The lowest BCUT2D eigenvalue weighted by Crippen LogP contribution is -1.96. The molecule has 1 N–H and O–H groups in total. The van der Waals surface area contributed by atoms with Crippen LogP contribution in [-0.4, -0.2) is 11.1 Å². The van der Waals surface area contributed by atoms with Gasteiger partial charge in [-0.3, -0.25) is 0 Å². The molecule has 0 saturated carbocycles. The van der Waals surface area contributed by atoms with Crippen LogP contribution in [0.15, 0.2) is 53.0 Å². The highest BCUT2D eigenvalue weighted by molar-refractivity contribution is 9.10. The summed E-state index contributed by atoms with van der Waals surface area (Å²) in [6, 6.07) is 15.3. The summed E-state index contributed by atoms with van der Waals surface area (Å²) in [5, 5.41) is 8.83. The van der Waals surface area contributed by atoms with E-state index in [-0.39, 0.29) is 0 Å². The van der Waals surface area contributed by atoms with Gasteiger partial charge in [-0.2, -0.15) is 0 Å². The molecule has 0 spiro atoms. The van der Waals surface area contributed by atoms with Gasteiger partial charge in [-0.1, -0.05) is 46.3 Å². The maximum Gasteiger partial charge on any atom is 0.335 e. The van der Waals surface area contributed by atoms with E-state index in [1.54, 1.807) is 12.1 Å². The lowest BCUT2D eigenvalue weighted by molar-refractivity contribution is 0.0697. The quantitative estimate of drug-likeness (QED) is 0.891. The van der Waals surface area contributed by atoms with Crippen molar-refractivity contribution in [2.45, 2.75) is 19.3 Å². The van der Waals surface area contributed by atoms with Crippen LogP contribution in [0, 0.1) is 0 Å². The lowest BCUT2D eigenvalue weighted by Gasteiger charge is -2.05. The Labute approximate surface area is 121 Å². The third kappa shape index (κ3) is 3.93. The first kappa shape index (κ1) is 13.8. The highest BCUT2D eigenvalue weighted by atomic mass is 79.9. The predicted octanol–water partition coefficient (Wildman–Crippen LogP) is 4.32. The minimum absolute atomic E-state index is 0.342. The van der Waals surface area contributed by atoms with Gasteiger partial charge >= 0.3 is 5.97 Å². The molecule has 2 aromatic rings. The second-order valence-corrected chi connectivity index (χ2v) is 5.30. The summed E-state index contributed by atoms with van der Waals surface area (Å²) in [7, 11) is 0. The van der Waals surface area contributed by atoms with Crippen LogP contribution in [0.1, 0.15) is 27.9 Å². The number of halogens is 1. The zero-order chi connectivity index (χ0) is 13.7. The molecular formula is C16H15BrO2. The second kappa shape index (κ2) is 6.53. The van der Waals surface area contributed by atoms with Gasteiger partial charge in [0.1, 0.15) is 0 Å². The molecule has 0 unspecified atom stereocenters. The molecule has 2 nitrogen and oxygen atoms in total. The zero-order valence-corrected chi connectivity index (χ0v) is 12.1. The minimum Gasteiger partial charge on any atom is -0.478 e. The summed E-state index contributed by atoms with van der Waals surface area (Å²) in [6.07, 6.45) is 3.03. The summed E-state index contributed by atoms with van der Waals surface area (Å²) in [5.41, 5.74) is 2.83. The minimum atomic E-state index is -0.875. The fourth-order valence-electron chi connectivity index (χ4n) is 2.00. The molecule has 0 heterocycles. The van der Waals surface area contributed by atoms with Gasteiger partial charge in [-0.15, -0.1) is 0 Å². The number of carbonyl (C=O) groups is 1. The van der Waals surface area contributed by atoms with Gasteiger partial charge < -0.3 is 5.11 Å². The summed E-state index contributed by atoms with van der Waals surface area (Å²) in [4.78, 5) is 10.7. The Morgan fingerprint density at radius 3 is 2.32 bits per heavy atom. The molecule has 2 rings (SSSR count). The molecule has 0 radical (unpaired) electrons. The van der Waals surface area contributed by atoms with Crippen molar-refractivity contribution in [2.75, 3.05) is 0 Å². The Morgan fingerprint density at radius 2 is 1.68 bits per heavy atom. The monoisotopic (exact) mass is 318 g/mol. The molecule has 0 saturated heterocycles. The van der Waals surface area contributed by atoms with Crippen molar-refractivity contribution < 1.29 is 9.90 Å². The molecule has 3 heteroatoms. The molecule has 0 fully saturated rings. The maximum atomic E-state index is 10.7. The highest BCUT2D eigenvalue weighted by Gasteiger charge is 2.02. The van der Waals surface area contributed by atoms with Crippen LogP contribution in [0.5, 0.6) is 0 Å². The van der Waals surface area contributed by atoms with E-state index in [0.29, 0.717) is 5.56 Å². The average Bonchev–Trinajstić information content (AvgIpc) is 2.41. The fourth-order valence-corrected chi connectivity index (χ4v) is 2.48. The lowest BCUT2D eigenvalue weighted by atomic mass is 10.0. The van der Waals surface area contributed by atoms with Crippen LogP contribution in [0.25, 0.3) is 0 Å². The Kier molecular flexibility index (Phi) is 4.74. The van der Waals surface area contributed by atoms with Gasteiger partial charge in [-0.05, 0) is 48.6 Å². The van der Waals surface area contributed by atoms with Crippen LogP contribution in [0.2, 0.25) is 0 Å². The molecular weight excluding hydrogens is 304 g/mol. The van der Waals surface area contributed by atoms with Crippen LogP contribution < -0.4 is 0 Å².